The van der Waals surface area contributed by atoms with E-state index < -0.39 is 35.7 Å². The van der Waals surface area contributed by atoms with Crippen molar-refractivity contribution in [2.75, 3.05) is 0 Å². The lowest BCUT2D eigenvalue weighted by atomic mass is 9.82. The quantitative estimate of drug-likeness (QED) is 0.357. The van der Waals surface area contributed by atoms with Gasteiger partial charge in [0.2, 0.25) is 5.91 Å². The molecular weight excluding hydrogens is 430 g/mol. The number of aliphatic hydroxyl groups excluding tert-OH is 2. The highest BCUT2D eigenvalue weighted by Gasteiger charge is 2.33. The maximum absolute atomic E-state index is 12.9. The van der Waals surface area contributed by atoms with E-state index in [-0.39, 0.29) is 29.7 Å². The molecule has 0 heterocycles. The fourth-order valence-corrected chi connectivity index (χ4v) is 4.52. The summed E-state index contributed by atoms with van der Waals surface area (Å²) in [7, 11) is 0. The van der Waals surface area contributed by atoms with E-state index in [4.69, 9.17) is 16.3 Å². The topological polar surface area (TPSA) is 95.9 Å². The van der Waals surface area contributed by atoms with E-state index in [1.807, 2.05) is 13.8 Å². The van der Waals surface area contributed by atoms with Gasteiger partial charge >= 0.3 is 5.97 Å². The van der Waals surface area contributed by atoms with Crippen molar-refractivity contribution in [2.24, 2.45) is 17.8 Å². The van der Waals surface area contributed by atoms with Crippen LogP contribution >= 0.6 is 11.6 Å². The Hall–Kier alpha value is -1.11. The number of aliphatic hydroxyl groups is 2. The average molecular weight is 474 g/mol. The van der Waals surface area contributed by atoms with E-state index in [2.05, 4.69) is 11.9 Å². The normalized spacial score (nSPS) is 19.2. The van der Waals surface area contributed by atoms with Crippen molar-refractivity contribution in [2.45, 2.75) is 116 Å². The van der Waals surface area contributed by atoms with Crippen molar-refractivity contribution in [1.82, 2.24) is 5.32 Å². The molecule has 1 aliphatic carbocycles. The molecule has 0 aromatic rings. The van der Waals surface area contributed by atoms with E-state index in [9.17, 15) is 19.8 Å². The van der Waals surface area contributed by atoms with Crippen LogP contribution in [-0.4, -0.2) is 45.9 Å². The molecule has 0 aliphatic heterocycles. The van der Waals surface area contributed by atoms with Gasteiger partial charge in [-0.1, -0.05) is 64.1 Å². The molecule has 0 bridgehead atoms. The van der Waals surface area contributed by atoms with Gasteiger partial charge in [0, 0.05) is 11.5 Å². The summed E-state index contributed by atoms with van der Waals surface area (Å²) in [6, 6.07) is -0.571. The van der Waals surface area contributed by atoms with Crippen molar-refractivity contribution in [1.29, 1.82) is 0 Å². The second-order valence-electron chi connectivity index (χ2n) is 10.8. The third-order valence-corrected chi connectivity index (χ3v) is 5.97. The van der Waals surface area contributed by atoms with Crippen molar-refractivity contribution in [3.63, 3.8) is 0 Å². The Balaban J connectivity index is 2.89. The summed E-state index contributed by atoms with van der Waals surface area (Å²) < 4.78 is 5.45. The number of allylic oxidation sites excluding steroid dienone is 1. The molecule has 4 atom stereocenters. The maximum Gasteiger partial charge on any atom is 0.310 e. The predicted molar refractivity (Wildman–Crippen MR) is 128 cm³/mol. The summed E-state index contributed by atoms with van der Waals surface area (Å²) in [6.07, 6.45) is 4.73. The zero-order chi connectivity index (χ0) is 24.5. The van der Waals surface area contributed by atoms with E-state index in [1.54, 1.807) is 20.8 Å². The molecule has 32 heavy (non-hydrogen) atoms. The number of nitrogens with one attached hydrogen (secondary N) is 1. The minimum absolute atomic E-state index is 0.116. The number of rotatable bonds is 12. The molecule has 1 fully saturated rings. The fourth-order valence-electron chi connectivity index (χ4n) is 4.34. The first kappa shape index (κ1) is 28.9. The molecule has 0 radical (unpaired) electrons. The molecule has 1 rings (SSSR count). The van der Waals surface area contributed by atoms with Crippen LogP contribution in [0.5, 0.6) is 0 Å². The lowest BCUT2D eigenvalue weighted by Gasteiger charge is -2.33. The number of carbonyl (C=O) groups excluding carboxylic acids is 2. The highest BCUT2D eigenvalue weighted by molar-refractivity contribution is 6.29. The number of hydrogen-bond donors (Lipinski definition) is 3. The van der Waals surface area contributed by atoms with Crippen LogP contribution in [0.15, 0.2) is 11.6 Å². The van der Waals surface area contributed by atoms with Gasteiger partial charge in [-0.15, -0.1) is 0 Å². The Labute approximate surface area is 199 Å². The third-order valence-electron chi connectivity index (χ3n) is 5.82. The minimum atomic E-state index is -1.06. The number of hydrogen-bond acceptors (Lipinski definition) is 5. The van der Waals surface area contributed by atoms with Crippen LogP contribution in [0.1, 0.15) is 92.4 Å². The van der Waals surface area contributed by atoms with Crippen LogP contribution < -0.4 is 5.32 Å². The third kappa shape index (κ3) is 11.7. The van der Waals surface area contributed by atoms with Crippen molar-refractivity contribution < 1.29 is 24.5 Å². The van der Waals surface area contributed by atoms with Crippen LogP contribution in [0, 0.1) is 17.8 Å². The smallest absolute Gasteiger partial charge is 0.310 e. The molecular formula is C25H44ClNO5. The van der Waals surface area contributed by atoms with Gasteiger partial charge in [-0.25, -0.2) is 0 Å². The van der Waals surface area contributed by atoms with Gasteiger partial charge in [-0.05, 0) is 51.9 Å². The summed E-state index contributed by atoms with van der Waals surface area (Å²) in [5.74, 6) is -1.00. The SMILES string of the molecule is C=C(Cl)CC(CC(=O)N[C@@H](CC1CCCCC1)[C@@H](O)[C@@H](O)CC(C)C)C(=O)OC(C)(C)C. The molecule has 0 saturated heterocycles. The van der Waals surface area contributed by atoms with E-state index >= 15 is 0 Å². The first-order chi connectivity index (χ1) is 14.8. The summed E-state index contributed by atoms with van der Waals surface area (Å²) in [5.41, 5.74) is -0.680. The van der Waals surface area contributed by atoms with Crippen LogP contribution in [0.2, 0.25) is 0 Å². The number of amides is 1. The van der Waals surface area contributed by atoms with Gasteiger partial charge in [-0.2, -0.15) is 0 Å². The highest BCUT2D eigenvalue weighted by atomic mass is 35.5. The average Bonchev–Trinajstić information content (AvgIpc) is 2.65. The second-order valence-corrected chi connectivity index (χ2v) is 11.3. The zero-order valence-electron chi connectivity index (χ0n) is 20.5. The maximum atomic E-state index is 12.9. The molecule has 1 saturated carbocycles. The molecule has 3 N–H and O–H groups in total. The zero-order valence-corrected chi connectivity index (χ0v) is 21.3. The summed E-state index contributed by atoms with van der Waals surface area (Å²) in [4.78, 5) is 25.5. The Morgan fingerprint density at radius 2 is 1.72 bits per heavy atom. The first-order valence-electron chi connectivity index (χ1n) is 12.0. The van der Waals surface area contributed by atoms with Gasteiger partial charge < -0.3 is 20.3 Å². The molecule has 0 spiro atoms. The number of carbonyl (C=O) groups is 2. The monoisotopic (exact) mass is 473 g/mol. The van der Waals surface area contributed by atoms with Gasteiger partial charge in [-0.3, -0.25) is 9.59 Å². The summed E-state index contributed by atoms with van der Waals surface area (Å²) in [6.45, 7) is 12.9. The molecule has 1 unspecified atom stereocenters. The first-order valence-corrected chi connectivity index (χ1v) is 12.4. The molecule has 0 aromatic carbocycles. The number of esters is 1. The Kier molecular flexibility index (Phi) is 12.3. The molecule has 0 aromatic heterocycles. The van der Waals surface area contributed by atoms with Crippen molar-refractivity contribution >= 4 is 23.5 Å². The minimum Gasteiger partial charge on any atom is -0.460 e. The second kappa shape index (κ2) is 13.6. The predicted octanol–water partition coefficient (Wildman–Crippen LogP) is 4.70. The number of halogens is 1. The standard InChI is InChI=1S/C25H44ClNO5/c1-16(2)12-21(28)23(30)20(14-18-10-8-7-9-11-18)27-22(29)15-19(13-17(3)26)24(31)32-25(4,5)6/h16,18-21,23,28,30H,3,7-15H2,1-2,4-6H3,(H,27,29)/t19?,20-,21-,23+/m0/s1. The van der Waals surface area contributed by atoms with Gasteiger partial charge in [0.1, 0.15) is 11.7 Å². The van der Waals surface area contributed by atoms with E-state index in [1.165, 1.54) is 6.42 Å². The van der Waals surface area contributed by atoms with E-state index in [0.717, 1.165) is 25.7 Å². The fraction of sp³-hybridized carbons (Fsp3) is 0.840. The largest absolute Gasteiger partial charge is 0.460 e. The molecule has 186 valence electrons. The lowest BCUT2D eigenvalue weighted by molar-refractivity contribution is -0.161. The van der Waals surface area contributed by atoms with Crippen molar-refractivity contribution in [3.8, 4) is 0 Å². The Morgan fingerprint density at radius 3 is 2.22 bits per heavy atom. The van der Waals surface area contributed by atoms with Crippen LogP contribution in [0.25, 0.3) is 0 Å². The van der Waals surface area contributed by atoms with E-state index in [0.29, 0.717) is 18.8 Å². The van der Waals surface area contributed by atoms with Gasteiger partial charge in [0.25, 0.3) is 0 Å². The molecule has 7 heteroatoms. The Morgan fingerprint density at radius 1 is 1.12 bits per heavy atom. The van der Waals surface area contributed by atoms with Crippen LogP contribution in [0.3, 0.4) is 0 Å². The van der Waals surface area contributed by atoms with Gasteiger partial charge in [0.15, 0.2) is 0 Å². The van der Waals surface area contributed by atoms with Gasteiger partial charge in [0.05, 0.1) is 18.1 Å². The summed E-state index contributed by atoms with van der Waals surface area (Å²) >= 11 is 5.94. The van der Waals surface area contributed by atoms with Crippen LogP contribution in [-0.2, 0) is 14.3 Å². The Bertz CT molecular complexity index is 610. The molecule has 1 amide bonds. The molecule has 1 aliphatic rings. The number of ether oxygens (including phenoxy) is 1. The van der Waals surface area contributed by atoms with Crippen LogP contribution in [0.4, 0.5) is 0 Å². The lowest BCUT2D eigenvalue weighted by Crippen LogP contribution is -2.50. The molecule has 6 nitrogen and oxygen atoms in total. The van der Waals surface area contributed by atoms with Crippen molar-refractivity contribution in [3.05, 3.63) is 11.6 Å². The summed E-state index contributed by atoms with van der Waals surface area (Å²) in [5, 5.41) is 24.6. The highest BCUT2D eigenvalue weighted by Crippen LogP contribution is 2.29.